The molecule has 158 valence electrons. The van der Waals surface area contributed by atoms with Gasteiger partial charge >= 0.3 is 12.0 Å². The maximum Gasteiger partial charge on any atom is 0.339 e. The van der Waals surface area contributed by atoms with Gasteiger partial charge in [0.05, 0.1) is 17.9 Å². The second-order valence-electron chi connectivity index (χ2n) is 7.13. The van der Waals surface area contributed by atoms with Gasteiger partial charge in [0.2, 0.25) is 0 Å². The molecule has 3 amide bonds. The first kappa shape index (κ1) is 21.3. The van der Waals surface area contributed by atoms with E-state index < -0.39 is 5.97 Å². The van der Waals surface area contributed by atoms with Crippen LogP contribution in [0, 0.1) is 13.8 Å². The van der Waals surface area contributed by atoms with Gasteiger partial charge in [0.25, 0.3) is 5.91 Å². The van der Waals surface area contributed by atoms with E-state index in [9.17, 15) is 14.4 Å². The molecule has 0 bridgehead atoms. The Bertz CT molecular complexity index is 952. The Balaban J connectivity index is 1.58. The second kappa shape index (κ2) is 9.39. The number of ether oxygens (including phenoxy) is 1. The molecule has 2 aromatic rings. The Morgan fingerprint density at radius 1 is 1.03 bits per heavy atom. The van der Waals surface area contributed by atoms with Crippen molar-refractivity contribution in [3.05, 3.63) is 58.9 Å². The first-order valence-electron chi connectivity index (χ1n) is 9.95. The zero-order valence-electron chi connectivity index (χ0n) is 17.5. The highest BCUT2D eigenvalue weighted by molar-refractivity contribution is 5.95. The van der Waals surface area contributed by atoms with Crippen molar-refractivity contribution in [2.45, 2.75) is 20.8 Å². The van der Waals surface area contributed by atoms with Gasteiger partial charge in [0, 0.05) is 31.9 Å². The van der Waals surface area contributed by atoms with Gasteiger partial charge in [-0.2, -0.15) is 0 Å². The maximum atomic E-state index is 12.8. The summed E-state index contributed by atoms with van der Waals surface area (Å²) in [6.07, 6.45) is 0. The number of esters is 1. The number of nitrogens with one attached hydrogen (secondary N) is 1. The van der Waals surface area contributed by atoms with Gasteiger partial charge in [-0.25, -0.2) is 14.6 Å². The molecule has 1 aliphatic heterocycles. The summed E-state index contributed by atoms with van der Waals surface area (Å²) in [6.45, 7) is 7.36. The van der Waals surface area contributed by atoms with Crippen LogP contribution in [-0.4, -0.2) is 65.5 Å². The zero-order valence-corrected chi connectivity index (χ0v) is 17.5. The van der Waals surface area contributed by atoms with Gasteiger partial charge in [0.15, 0.2) is 0 Å². The van der Waals surface area contributed by atoms with Crippen molar-refractivity contribution in [2.24, 2.45) is 0 Å². The number of nitrogens with zero attached hydrogens (tertiary/aromatic N) is 3. The summed E-state index contributed by atoms with van der Waals surface area (Å²) < 4.78 is 4.99. The lowest BCUT2D eigenvalue weighted by atomic mass is 10.1. The van der Waals surface area contributed by atoms with Gasteiger partial charge in [-0.3, -0.25) is 4.79 Å². The van der Waals surface area contributed by atoms with E-state index in [1.807, 2.05) is 31.2 Å². The SMILES string of the molecule is CCOC(=O)c1ccc(C(=O)N2CCN(C(=O)Nc3cccc(C)c3)CC2)nc1C. The van der Waals surface area contributed by atoms with Crippen LogP contribution < -0.4 is 5.32 Å². The summed E-state index contributed by atoms with van der Waals surface area (Å²) in [4.78, 5) is 44.8. The van der Waals surface area contributed by atoms with Gasteiger partial charge < -0.3 is 19.9 Å². The van der Waals surface area contributed by atoms with Crippen LogP contribution in [0.4, 0.5) is 10.5 Å². The van der Waals surface area contributed by atoms with E-state index in [1.165, 1.54) is 0 Å². The van der Waals surface area contributed by atoms with E-state index >= 15 is 0 Å². The smallest absolute Gasteiger partial charge is 0.339 e. The van der Waals surface area contributed by atoms with Crippen molar-refractivity contribution in [1.29, 1.82) is 0 Å². The van der Waals surface area contributed by atoms with Gasteiger partial charge in [-0.15, -0.1) is 0 Å². The van der Waals surface area contributed by atoms with Crippen LogP contribution in [0.15, 0.2) is 36.4 Å². The number of aryl methyl sites for hydroxylation is 2. The van der Waals surface area contributed by atoms with Crippen molar-refractivity contribution in [1.82, 2.24) is 14.8 Å². The van der Waals surface area contributed by atoms with E-state index in [2.05, 4.69) is 10.3 Å². The molecule has 0 saturated carbocycles. The fourth-order valence-electron chi connectivity index (χ4n) is 3.30. The standard InChI is InChI=1S/C22H26N4O4/c1-4-30-21(28)18-8-9-19(23-16(18)3)20(27)25-10-12-26(13-11-25)22(29)24-17-7-5-6-15(2)14-17/h5-9,14H,4,10-13H2,1-3H3,(H,24,29). The molecule has 0 atom stereocenters. The van der Waals surface area contributed by atoms with Crippen LogP contribution in [0.2, 0.25) is 0 Å². The third kappa shape index (κ3) is 4.94. The summed E-state index contributed by atoms with van der Waals surface area (Å²) in [5, 5.41) is 2.89. The Kier molecular flexibility index (Phi) is 6.66. The van der Waals surface area contributed by atoms with E-state index in [-0.39, 0.29) is 24.2 Å². The van der Waals surface area contributed by atoms with E-state index in [1.54, 1.807) is 35.8 Å². The molecule has 0 radical (unpaired) electrons. The number of hydrogen-bond donors (Lipinski definition) is 1. The maximum absolute atomic E-state index is 12.8. The monoisotopic (exact) mass is 410 g/mol. The molecule has 0 unspecified atom stereocenters. The number of rotatable bonds is 4. The number of benzene rings is 1. The van der Waals surface area contributed by atoms with Gasteiger partial charge in [0.1, 0.15) is 5.69 Å². The fraction of sp³-hybridized carbons (Fsp3) is 0.364. The van der Waals surface area contributed by atoms with E-state index in [0.717, 1.165) is 11.3 Å². The van der Waals surface area contributed by atoms with Crippen LogP contribution in [-0.2, 0) is 4.74 Å². The number of carbonyl (C=O) groups is 3. The number of aromatic nitrogens is 1. The van der Waals surface area contributed by atoms with Crippen LogP contribution in [0.5, 0.6) is 0 Å². The molecule has 1 aromatic heterocycles. The molecular weight excluding hydrogens is 384 g/mol. The molecule has 1 aliphatic rings. The Hall–Kier alpha value is -3.42. The lowest BCUT2D eigenvalue weighted by Crippen LogP contribution is -2.51. The highest BCUT2D eigenvalue weighted by Gasteiger charge is 2.26. The minimum absolute atomic E-state index is 0.180. The molecule has 3 rings (SSSR count). The summed E-state index contributed by atoms with van der Waals surface area (Å²) in [7, 11) is 0. The summed E-state index contributed by atoms with van der Waals surface area (Å²) in [6, 6.07) is 10.5. The lowest BCUT2D eigenvalue weighted by molar-refractivity contribution is 0.0523. The second-order valence-corrected chi connectivity index (χ2v) is 7.13. The molecule has 0 aliphatic carbocycles. The van der Waals surface area contributed by atoms with E-state index in [0.29, 0.717) is 37.4 Å². The molecular formula is C22H26N4O4. The van der Waals surface area contributed by atoms with Crippen LogP contribution in [0.25, 0.3) is 0 Å². The van der Waals surface area contributed by atoms with Crippen LogP contribution in [0.3, 0.4) is 0 Å². The fourth-order valence-corrected chi connectivity index (χ4v) is 3.30. The van der Waals surface area contributed by atoms with E-state index in [4.69, 9.17) is 4.74 Å². The third-order valence-corrected chi connectivity index (χ3v) is 4.92. The van der Waals surface area contributed by atoms with Gasteiger partial charge in [-0.05, 0) is 50.6 Å². The first-order chi connectivity index (χ1) is 14.4. The topological polar surface area (TPSA) is 91.8 Å². The summed E-state index contributed by atoms with van der Waals surface area (Å²) in [5.41, 5.74) is 2.90. The van der Waals surface area contributed by atoms with Crippen molar-refractivity contribution < 1.29 is 19.1 Å². The predicted octanol–water partition coefficient (Wildman–Crippen LogP) is 2.87. The molecule has 1 N–H and O–H groups in total. The number of amides is 3. The quantitative estimate of drug-likeness (QED) is 0.783. The number of anilines is 1. The average molecular weight is 410 g/mol. The zero-order chi connectivity index (χ0) is 21.7. The van der Waals surface area contributed by atoms with Gasteiger partial charge in [-0.1, -0.05) is 12.1 Å². The summed E-state index contributed by atoms with van der Waals surface area (Å²) >= 11 is 0. The normalized spacial score (nSPS) is 13.7. The molecule has 30 heavy (non-hydrogen) atoms. The number of piperazine rings is 1. The average Bonchev–Trinajstić information content (AvgIpc) is 2.73. The van der Waals surface area contributed by atoms with Crippen molar-refractivity contribution in [2.75, 3.05) is 38.1 Å². The molecule has 1 fully saturated rings. The van der Waals surface area contributed by atoms with Crippen LogP contribution >= 0.6 is 0 Å². The molecule has 8 heteroatoms. The molecule has 1 aromatic carbocycles. The van der Waals surface area contributed by atoms with Crippen molar-refractivity contribution in [3.63, 3.8) is 0 Å². The number of carbonyl (C=O) groups excluding carboxylic acids is 3. The summed E-state index contributed by atoms with van der Waals surface area (Å²) in [5.74, 6) is -0.665. The molecule has 0 spiro atoms. The highest BCUT2D eigenvalue weighted by atomic mass is 16.5. The Labute approximate surface area is 175 Å². The van der Waals surface area contributed by atoms with Crippen molar-refractivity contribution in [3.8, 4) is 0 Å². The minimum atomic E-state index is -0.449. The number of urea groups is 1. The number of hydrogen-bond acceptors (Lipinski definition) is 5. The van der Waals surface area contributed by atoms with Crippen LogP contribution in [0.1, 0.15) is 39.0 Å². The first-order valence-corrected chi connectivity index (χ1v) is 9.95. The number of pyridine rings is 1. The minimum Gasteiger partial charge on any atom is -0.462 e. The molecule has 8 nitrogen and oxygen atoms in total. The lowest BCUT2D eigenvalue weighted by Gasteiger charge is -2.34. The Morgan fingerprint density at radius 2 is 1.73 bits per heavy atom. The highest BCUT2D eigenvalue weighted by Crippen LogP contribution is 2.14. The van der Waals surface area contributed by atoms with Crippen molar-refractivity contribution >= 4 is 23.6 Å². The predicted molar refractivity (Wildman–Crippen MR) is 113 cm³/mol. The Morgan fingerprint density at radius 3 is 2.37 bits per heavy atom. The largest absolute Gasteiger partial charge is 0.462 e. The third-order valence-electron chi connectivity index (χ3n) is 4.92. The molecule has 2 heterocycles. The molecule has 1 saturated heterocycles.